The van der Waals surface area contributed by atoms with Gasteiger partial charge in [0.1, 0.15) is 5.75 Å². The Bertz CT molecular complexity index is 512. The van der Waals surface area contributed by atoms with E-state index < -0.39 is 9.84 Å². The minimum absolute atomic E-state index is 0.246. The average Bonchev–Trinajstić information content (AvgIpc) is 2.43. The summed E-state index contributed by atoms with van der Waals surface area (Å²) in [6.07, 6.45) is 1.49. The van der Waals surface area contributed by atoms with E-state index in [1.807, 2.05) is 24.3 Å². The smallest absolute Gasteiger partial charge is 0.152 e. The molecular formula is C15H23BrO3S. The minimum atomic E-state index is -2.96. The highest BCUT2D eigenvalue weighted by Gasteiger charge is 2.19. The summed E-state index contributed by atoms with van der Waals surface area (Å²) in [5.41, 5.74) is 1.13. The van der Waals surface area contributed by atoms with Crippen molar-refractivity contribution in [3.8, 4) is 5.75 Å². The Hall–Kier alpha value is -0.550. The second kappa shape index (κ2) is 8.03. The maximum Gasteiger partial charge on any atom is 0.152 e. The van der Waals surface area contributed by atoms with Crippen LogP contribution >= 0.6 is 15.9 Å². The van der Waals surface area contributed by atoms with Crippen LogP contribution in [0.5, 0.6) is 5.75 Å². The van der Waals surface area contributed by atoms with Crippen molar-refractivity contribution in [1.29, 1.82) is 0 Å². The second-order valence-corrected chi connectivity index (χ2v) is 8.56. The van der Waals surface area contributed by atoms with Gasteiger partial charge >= 0.3 is 0 Å². The summed E-state index contributed by atoms with van der Waals surface area (Å²) >= 11 is 3.49. The van der Waals surface area contributed by atoms with Crippen molar-refractivity contribution >= 4 is 25.8 Å². The Balaban J connectivity index is 2.69. The molecule has 0 N–H and O–H groups in total. The molecule has 20 heavy (non-hydrogen) atoms. The number of hydrogen-bond acceptors (Lipinski definition) is 3. The number of para-hydroxylation sites is 1. The van der Waals surface area contributed by atoms with E-state index in [9.17, 15) is 8.42 Å². The molecule has 0 aliphatic carbocycles. The Morgan fingerprint density at radius 3 is 2.45 bits per heavy atom. The van der Waals surface area contributed by atoms with Gasteiger partial charge in [-0.15, -0.1) is 0 Å². The number of halogens is 1. The molecule has 0 aromatic heterocycles. The van der Waals surface area contributed by atoms with E-state index in [1.54, 1.807) is 21.0 Å². The summed E-state index contributed by atoms with van der Waals surface area (Å²) in [5.74, 6) is 1.40. The van der Waals surface area contributed by atoms with Gasteiger partial charge in [-0.2, -0.15) is 0 Å². The fourth-order valence-electron chi connectivity index (χ4n) is 1.98. The van der Waals surface area contributed by atoms with Crippen molar-refractivity contribution in [2.75, 3.05) is 18.2 Å². The van der Waals surface area contributed by atoms with E-state index in [-0.39, 0.29) is 11.0 Å². The molecule has 0 fully saturated rings. The van der Waals surface area contributed by atoms with E-state index in [2.05, 4.69) is 15.9 Å². The average molecular weight is 363 g/mol. The summed E-state index contributed by atoms with van der Waals surface area (Å²) in [6.45, 7) is 3.47. The molecule has 0 bridgehead atoms. The van der Waals surface area contributed by atoms with Gasteiger partial charge in [-0.3, -0.25) is 0 Å². The van der Waals surface area contributed by atoms with Gasteiger partial charge < -0.3 is 4.74 Å². The Kier molecular flexibility index (Phi) is 7.03. The third-order valence-corrected chi connectivity index (χ3v) is 6.61. The van der Waals surface area contributed by atoms with Crippen LogP contribution in [0.4, 0.5) is 0 Å². The van der Waals surface area contributed by atoms with Gasteiger partial charge in [0.25, 0.3) is 0 Å². The van der Waals surface area contributed by atoms with Gasteiger partial charge in [0.15, 0.2) is 9.84 Å². The molecule has 0 aliphatic rings. The second-order valence-electron chi connectivity index (χ2n) is 5.24. The van der Waals surface area contributed by atoms with Gasteiger partial charge in [-0.1, -0.05) is 34.1 Å². The molecule has 1 unspecified atom stereocenters. The zero-order chi connectivity index (χ0) is 15.2. The lowest BCUT2D eigenvalue weighted by molar-refractivity contribution is 0.405. The van der Waals surface area contributed by atoms with E-state index >= 15 is 0 Å². The number of methoxy groups -OCH3 is 1. The highest BCUT2D eigenvalue weighted by atomic mass is 79.9. The number of ether oxygens (including phenoxy) is 1. The number of sulfone groups is 1. The van der Waals surface area contributed by atoms with Crippen molar-refractivity contribution in [2.45, 2.75) is 31.9 Å². The van der Waals surface area contributed by atoms with Crippen LogP contribution in [0.1, 0.15) is 25.8 Å². The van der Waals surface area contributed by atoms with Crippen LogP contribution in [0.2, 0.25) is 0 Å². The first-order valence-corrected chi connectivity index (χ1v) is 9.63. The lowest BCUT2D eigenvalue weighted by Crippen LogP contribution is -2.21. The van der Waals surface area contributed by atoms with Crippen LogP contribution in [-0.2, 0) is 16.3 Å². The molecule has 3 nitrogen and oxygen atoms in total. The number of alkyl halides is 1. The molecule has 0 amide bonds. The maximum absolute atomic E-state index is 11.9. The van der Waals surface area contributed by atoms with Crippen molar-refractivity contribution in [3.05, 3.63) is 29.8 Å². The van der Waals surface area contributed by atoms with Crippen LogP contribution in [0, 0.1) is 5.92 Å². The van der Waals surface area contributed by atoms with Crippen molar-refractivity contribution in [1.82, 2.24) is 0 Å². The van der Waals surface area contributed by atoms with E-state index in [0.29, 0.717) is 12.3 Å². The van der Waals surface area contributed by atoms with Crippen LogP contribution in [0.15, 0.2) is 24.3 Å². The molecule has 114 valence electrons. The van der Waals surface area contributed by atoms with Gasteiger partial charge in [-0.05, 0) is 44.2 Å². The topological polar surface area (TPSA) is 43.4 Å². The molecule has 1 aromatic rings. The zero-order valence-electron chi connectivity index (χ0n) is 12.3. The third-order valence-electron chi connectivity index (χ3n) is 3.45. The van der Waals surface area contributed by atoms with Gasteiger partial charge in [0.05, 0.1) is 18.1 Å². The van der Waals surface area contributed by atoms with E-state index in [1.165, 1.54) is 0 Å². The maximum atomic E-state index is 11.9. The lowest BCUT2D eigenvalue weighted by atomic mass is 9.98. The van der Waals surface area contributed by atoms with E-state index in [4.69, 9.17) is 4.74 Å². The molecule has 5 heteroatoms. The molecule has 0 radical (unpaired) electrons. The molecule has 0 aliphatic heterocycles. The summed E-state index contributed by atoms with van der Waals surface area (Å²) in [4.78, 5) is 0. The first kappa shape index (κ1) is 17.5. The molecule has 1 atom stereocenters. The van der Waals surface area contributed by atoms with E-state index in [0.717, 1.165) is 23.1 Å². The highest BCUT2D eigenvalue weighted by molar-refractivity contribution is 9.09. The third kappa shape index (κ3) is 5.09. The van der Waals surface area contributed by atoms with Crippen LogP contribution in [-0.4, -0.2) is 31.9 Å². The standard InChI is InChI=1S/C15H23BrO3S/c1-12(2)20(17,18)9-8-13(11-16)10-14-6-4-5-7-15(14)19-3/h4-7,12-13H,8-11H2,1-3H3. The van der Waals surface area contributed by atoms with Crippen LogP contribution < -0.4 is 4.74 Å². The number of benzene rings is 1. The quantitative estimate of drug-likeness (QED) is 0.665. The summed E-state index contributed by atoms with van der Waals surface area (Å²) < 4.78 is 29.1. The Labute approximate surface area is 130 Å². The molecule has 1 aromatic carbocycles. The molecule has 0 spiro atoms. The zero-order valence-corrected chi connectivity index (χ0v) is 14.7. The normalized spacial score (nSPS) is 13.4. The molecular weight excluding hydrogens is 340 g/mol. The van der Waals surface area contributed by atoms with Crippen molar-refractivity contribution in [2.24, 2.45) is 5.92 Å². The first-order chi connectivity index (χ1) is 9.40. The van der Waals surface area contributed by atoms with Crippen LogP contribution in [0.25, 0.3) is 0 Å². The predicted molar refractivity (Wildman–Crippen MR) is 87.5 cm³/mol. The Morgan fingerprint density at radius 2 is 1.90 bits per heavy atom. The fourth-order valence-corrected chi connectivity index (χ4v) is 3.67. The molecule has 0 saturated carbocycles. The highest BCUT2D eigenvalue weighted by Crippen LogP contribution is 2.24. The van der Waals surface area contributed by atoms with Gasteiger partial charge in [0.2, 0.25) is 0 Å². The monoisotopic (exact) mass is 362 g/mol. The molecule has 0 heterocycles. The number of rotatable bonds is 8. The summed E-state index contributed by atoms with van der Waals surface area (Å²) in [5, 5.41) is 0.489. The van der Waals surface area contributed by atoms with Gasteiger partial charge in [0, 0.05) is 5.33 Å². The minimum Gasteiger partial charge on any atom is -0.496 e. The van der Waals surface area contributed by atoms with Crippen LogP contribution in [0.3, 0.4) is 0 Å². The predicted octanol–water partition coefficient (Wildman–Crippen LogP) is 3.46. The fraction of sp³-hybridized carbons (Fsp3) is 0.600. The largest absolute Gasteiger partial charge is 0.496 e. The number of hydrogen-bond donors (Lipinski definition) is 0. The first-order valence-electron chi connectivity index (χ1n) is 6.80. The SMILES string of the molecule is COc1ccccc1CC(CBr)CCS(=O)(=O)C(C)C. The Morgan fingerprint density at radius 1 is 1.25 bits per heavy atom. The summed E-state index contributed by atoms with van der Waals surface area (Å²) in [6, 6.07) is 7.89. The van der Waals surface area contributed by atoms with Gasteiger partial charge in [-0.25, -0.2) is 8.42 Å². The summed E-state index contributed by atoms with van der Waals surface area (Å²) in [7, 11) is -1.31. The van der Waals surface area contributed by atoms with Crippen molar-refractivity contribution in [3.63, 3.8) is 0 Å². The lowest BCUT2D eigenvalue weighted by Gasteiger charge is -2.17. The van der Waals surface area contributed by atoms with Crippen molar-refractivity contribution < 1.29 is 13.2 Å². The molecule has 0 saturated heterocycles. The molecule has 1 rings (SSSR count).